The Balaban J connectivity index is 3.14. The number of hydrogen-bond donors (Lipinski definition) is 1. The highest BCUT2D eigenvalue weighted by Crippen LogP contribution is 2.30. The quantitative estimate of drug-likeness (QED) is 0.883. The van der Waals surface area contributed by atoms with Crippen LogP contribution in [0.15, 0.2) is 22.7 Å². The Labute approximate surface area is 94.4 Å². The molecule has 2 N–H and O–H groups in total. The fourth-order valence-electron chi connectivity index (χ4n) is 0.957. The van der Waals surface area contributed by atoms with Gasteiger partial charge in [0.15, 0.2) is 0 Å². The van der Waals surface area contributed by atoms with Gasteiger partial charge in [0.2, 0.25) is 0 Å². The van der Waals surface area contributed by atoms with E-state index < -0.39 is 12.0 Å². The van der Waals surface area contributed by atoms with Crippen molar-refractivity contribution in [1.82, 2.24) is 0 Å². The first-order chi connectivity index (χ1) is 6.35. The molecule has 1 atom stereocenters. The van der Waals surface area contributed by atoms with Gasteiger partial charge in [-0.15, -0.1) is 0 Å². The molecule has 0 saturated carbocycles. The highest BCUT2D eigenvalue weighted by Gasteiger charge is 2.32. The first-order valence-corrected chi connectivity index (χ1v) is 5.05. The number of rotatable bonds is 2. The Morgan fingerprint density at radius 3 is 2.50 bits per heavy atom. The van der Waals surface area contributed by atoms with Crippen LogP contribution < -0.4 is 5.73 Å². The number of hydrogen-bond acceptors (Lipinski definition) is 1. The summed E-state index contributed by atoms with van der Waals surface area (Å²) in [5, 5.41) is 0.471. The second-order valence-corrected chi connectivity index (χ2v) is 4.47. The maximum atomic E-state index is 12.6. The summed E-state index contributed by atoms with van der Waals surface area (Å²) < 4.78 is 25.7. The van der Waals surface area contributed by atoms with Crippen molar-refractivity contribution in [3.8, 4) is 0 Å². The second-order valence-electron chi connectivity index (χ2n) is 3.21. The normalized spacial score (nSPS) is 15.6. The molecular weight excluding hydrogens is 275 g/mol. The molecule has 5 heteroatoms. The molecule has 0 bridgehead atoms. The van der Waals surface area contributed by atoms with Crippen LogP contribution >= 0.6 is 27.5 Å². The molecule has 78 valence electrons. The zero-order chi connectivity index (χ0) is 10.9. The van der Waals surface area contributed by atoms with Gasteiger partial charge < -0.3 is 5.73 Å². The van der Waals surface area contributed by atoms with Gasteiger partial charge in [0, 0.05) is 4.47 Å². The van der Waals surface area contributed by atoms with Crippen molar-refractivity contribution in [3.05, 3.63) is 33.3 Å². The standard InChI is InChI=1S/C9H9BrClF2N/c1-9(14,8(12)13)5-2-3-7(11)6(10)4-5/h2-4,8H,14H2,1H3. The van der Waals surface area contributed by atoms with Crippen LogP contribution in [0.2, 0.25) is 5.02 Å². The maximum Gasteiger partial charge on any atom is 0.260 e. The summed E-state index contributed by atoms with van der Waals surface area (Å²) in [6.07, 6.45) is -2.62. The molecule has 0 heterocycles. The molecule has 0 aromatic heterocycles. The molecule has 0 radical (unpaired) electrons. The minimum absolute atomic E-state index is 0.351. The summed E-state index contributed by atoms with van der Waals surface area (Å²) in [6.45, 7) is 1.29. The highest BCUT2D eigenvalue weighted by atomic mass is 79.9. The fraction of sp³-hybridized carbons (Fsp3) is 0.333. The molecule has 0 amide bonds. The summed E-state index contributed by atoms with van der Waals surface area (Å²) in [6, 6.07) is 4.54. The van der Waals surface area contributed by atoms with E-state index in [1.54, 1.807) is 0 Å². The van der Waals surface area contributed by atoms with Crippen LogP contribution in [0.1, 0.15) is 12.5 Å². The third kappa shape index (κ3) is 2.24. The van der Waals surface area contributed by atoms with Crippen LogP contribution in [-0.2, 0) is 5.54 Å². The molecular formula is C9H9BrClF2N. The Morgan fingerprint density at radius 1 is 1.50 bits per heavy atom. The number of alkyl halides is 2. The van der Waals surface area contributed by atoms with Crippen LogP contribution in [0.3, 0.4) is 0 Å². The molecule has 0 spiro atoms. The maximum absolute atomic E-state index is 12.6. The Hall–Kier alpha value is -0.190. The molecule has 1 aromatic rings. The van der Waals surface area contributed by atoms with Gasteiger partial charge in [-0.3, -0.25) is 0 Å². The largest absolute Gasteiger partial charge is 0.317 e. The second kappa shape index (κ2) is 4.13. The van der Waals surface area contributed by atoms with E-state index in [1.807, 2.05) is 0 Å². The van der Waals surface area contributed by atoms with Gasteiger partial charge in [0.25, 0.3) is 6.43 Å². The Kier molecular flexibility index (Phi) is 3.50. The van der Waals surface area contributed by atoms with Crippen molar-refractivity contribution < 1.29 is 8.78 Å². The predicted molar refractivity (Wildman–Crippen MR) is 56.7 cm³/mol. The summed E-state index contributed by atoms with van der Waals surface area (Å²) in [7, 11) is 0. The summed E-state index contributed by atoms with van der Waals surface area (Å²) in [5.74, 6) is 0. The third-order valence-corrected chi connectivity index (χ3v) is 3.21. The van der Waals surface area contributed by atoms with Gasteiger partial charge in [0.1, 0.15) is 0 Å². The van der Waals surface area contributed by atoms with Crippen molar-refractivity contribution in [2.75, 3.05) is 0 Å². The minimum atomic E-state index is -2.62. The van der Waals surface area contributed by atoms with Gasteiger partial charge in [-0.1, -0.05) is 17.7 Å². The Bertz CT molecular complexity index is 342. The fourth-order valence-corrected chi connectivity index (χ4v) is 1.45. The Morgan fingerprint density at radius 2 is 2.07 bits per heavy atom. The predicted octanol–water partition coefficient (Wildman–Crippen LogP) is 3.54. The molecule has 0 aliphatic heterocycles. The van der Waals surface area contributed by atoms with Crippen LogP contribution in [0.5, 0.6) is 0 Å². The average molecular weight is 285 g/mol. The summed E-state index contributed by atoms with van der Waals surface area (Å²) >= 11 is 8.89. The van der Waals surface area contributed by atoms with E-state index in [4.69, 9.17) is 17.3 Å². The van der Waals surface area contributed by atoms with E-state index in [0.29, 0.717) is 15.1 Å². The SMILES string of the molecule is CC(N)(c1ccc(Cl)c(Br)c1)C(F)F. The van der Waals surface area contributed by atoms with E-state index in [1.165, 1.54) is 25.1 Å². The van der Waals surface area contributed by atoms with Crippen molar-refractivity contribution >= 4 is 27.5 Å². The van der Waals surface area contributed by atoms with Gasteiger partial charge in [-0.2, -0.15) is 0 Å². The van der Waals surface area contributed by atoms with Gasteiger partial charge >= 0.3 is 0 Å². The lowest BCUT2D eigenvalue weighted by Gasteiger charge is -2.24. The zero-order valence-corrected chi connectivity index (χ0v) is 9.74. The molecule has 1 unspecified atom stereocenters. The van der Waals surface area contributed by atoms with Gasteiger partial charge in [-0.05, 0) is 40.5 Å². The van der Waals surface area contributed by atoms with Crippen molar-refractivity contribution in [2.24, 2.45) is 5.73 Å². The van der Waals surface area contributed by atoms with Crippen LogP contribution in [-0.4, -0.2) is 6.43 Å². The van der Waals surface area contributed by atoms with Crippen molar-refractivity contribution in [3.63, 3.8) is 0 Å². The summed E-state index contributed by atoms with van der Waals surface area (Å²) in [4.78, 5) is 0. The first kappa shape index (κ1) is 11.9. The lowest BCUT2D eigenvalue weighted by atomic mass is 9.94. The van der Waals surface area contributed by atoms with E-state index >= 15 is 0 Å². The monoisotopic (exact) mass is 283 g/mol. The van der Waals surface area contributed by atoms with Crippen LogP contribution in [0.25, 0.3) is 0 Å². The van der Waals surface area contributed by atoms with Gasteiger partial charge in [0.05, 0.1) is 10.6 Å². The average Bonchev–Trinajstić information content (AvgIpc) is 2.09. The van der Waals surface area contributed by atoms with Crippen molar-refractivity contribution in [1.29, 1.82) is 0 Å². The molecule has 1 aromatic carbocycles. The number of nitrogens with two attached hydrogens (primary N) is 1. The lowest BCUT2D eigenvalue weighted by molar-refractivity contribution is 0.0625. The van der Waals surface area contributed by atoms with E-state index in [9.17, 15) is 8.78 Å². The molecule has 0 saturated heterocycles. The lowest BCUT2D eigenvalue weighted by Crippen LogP contribution is -2.40. The first-order valence-electron chi connectivity index (χ1n) is 3.88. The van der Waals surface area contributed by atoms with Crippen LogP contribution in [0, 0.1) is 0 Å². The smallest absolute Gasteiger partial charge is 0.260 e. The molecule has 1 rings (SSSR count). The molecule has 0 aliphatic carbocycles. The molecule has 0 fully saturated rings. The van der Waals surface area contributed by atoms with E-state index in [2.05, 4.69) is 15.9 Å². The topological polar surface area (TPSA) is 26.0 Å². The third-order valence-electron chi connectivity index (χ3n) is 1.99. The summed E-state index contributed by atoms with van der Waals surface area (Å²) in [5.41, 5.74) is 4.19. The highest BCUT2D eigenvalue weighted by molar-refractivity contribution is 9.10. The minimum Gasteiger partial charge on any atom is -0.317 e. The van der Waals surface area contributed by atoms with Gasteiger partial charge in [-0.25, -0.2) is 8.78 Å². The zero-order valence-electron chi connectivity index (χ0n) is 7.40. The molecule has 14 heavy (non-hydrogen) atoms. The molecule has 1 nitrogen and oxygen atoms in total. The van der Waals surface area contributed by atoms with Crippen molar-refractivity contribution in [2.45, 2.75) is 18.9 Å². The number of benzene rings is 1. The number of halogens is 4. The van der Waals surface area contributed by atoms with E-state index in [-0.39, 0.29) is 0 Å². The molecule has 0 aliphatic rings. The van der Waals surface area contributed by atoms with Crippen LogP contribution in [0.4, 0.5) is 8.78 Å². The van der Waals surface area contributed by atoms with E-state index in [0.717, 1.165) is 0 Å².